The normalized spacial score (nSPS) is 10.9. The van der Waals surface area contributed by atoms with E-state index in [2.05, 4.69) is 4.98 Å². The van der Waals surface area contributed by atoms with E-state index in [1.54, 1.807) is 6.07 Å². The molecule has 0 bridgehead atoms. The van der Waals surface area contributed by atoms with Crippen molar-refractivity contribution in [2.24, 2.45) is 0 Å². The summed E-state index contributed by atoms with van der Waals surface area (Å²) in [6.45, 7) is 1.81. The Balaban J connectivity index is 2.05. The molecule has 0 saturated heterocycles. The number of H-pyrrole nitrogens is 1. The predicted octanol–water partition coefficient (Wildman–Crippen LogP) is 5.07. The molecule has 1 N–H and O–H groups in total. The molecule has 0 saturated carbocycles. The number of fused-ring (bicyclic) bond motifs is 1. The van der Waals surface area contributed by atoms with Crippen LogP contribution < -0.4 is 0 Å². The number of aromatic nitrogens is 1. The molecular weight excluding hydrogens is 379 g/mol. The van der Waals surface area contributed by atoms with Gasteiger partial charge in [-0.25, -0.2) is 4.79 Å². The first kappa shape index (κ1) is 18.2. The van der Waals surface area contributed by atoms with Crippen LogP contribution in [0.15, 0.2) is 30.3 Å². The van der Waals surface area contributed by atoms with Gasteiger partial charge in [0.15, 0.2) is 0 Å². The van der Waals surface area contributed by atoms with E-state index in [1.807, 2.05) is 13.0 Å². The molecule has 1 heterocycles. The monoisotopic (exact) mass is 392 g/mol. The smallest absolute Gasteiger partial charge is 0.339 e. The molecule has 0 aliphatic heterocycles. The number of hydrogen-bond donors (Lipinski definition) is 1. The maximum atomic E-state index is 11.8. The average molecular weight is 393 g/mol. The van der Waals surface area contributed by atoms with E-state index in [9.17, 15) is 14.9 Å². The second kappa shape index (κ2) is 6.97. The van der Waals surface area contributed by atoms with Crippen LogP contribution in [0.25, 0.3) is 10.9 Å². The van der Waals surface area contributed by atoms with Crippen LogP contribution in [0.1, 0.15) is 27.2 Å². The third kappa shape index (κ3) is 3.25. The van der Waals surface area contributed by atoms with Gasteiger partial charge < -0.3 is 9.72 Å². The number of aryl methyl sites for hydroxylation is 1. The zero-order chi connectivity index (χ0) is 19.0. The number of halogens is 2. The van der Waals surface area contributed by atoms with Crippen molar-refractivity contribution in [1.29, 1.82) is 0 Å². The Labute approximate surface area is 158 Å². The number of nitro groups is 1. The van der Waals surface area contributed by atoms with Crippen molar-refractivity contribution in [1.82, 2.24) is 4.98 Å². The number of nitro benzene ring substituents is 1. The zero-order valence-electron chi connectivity index (χ0n) is 13.9. The standard InChI is InChI=1S/C18H14Cl2N2O4/c1-9-5-11(22(24)25)8-16-13(9)6-10(21-16)7-14-15(19)4-3-12(17(14)20)18(23)26-2/h3-6,8,21H,7H2,1-2H3. The summed E-state index contributed by atoms with van der Waals surface area (Å²) in [5.74, 6) is -0.545. The number of nitrogens with zero attached hydrogens (tertiary/aromatic N) is 1. The summed E-state index contributed by atoms with van der Waals surface area (Å²) >= 11 is 12.6. The molecule has 0 aliphatic carbocycles. The third-order valence-corrected chi connectivity index (χ3v) is 4.94. The lowest BCUT2D eigenvalue weighted by Crippen LogP contribution is -2.04. The fourth-order valence-electron chi connectivity index (χ4n) is 2.88. The number of methoxy groups -OCH3 is 1. The van der Waals surface area contributed by atoms with Gasteiger partial charge >= 0.3 is 5.97 Å². The van der Waals surface area contributed by atoms with Crippen LogP contribution >= 0.6 is 23.2 Å². The second-order valence-electron chi connectivity index (χ2n) is 5.83. The van der Waals surface area contributed by atoms with Crippen molar-refractivity contribution in [3.05, 3.63) is 72.9 Å². The summed E-state index contributed by atoms with van der Waals surface area (Å²) in [6.07, 6.45) is 0.338. The van der Waals surface area contributed by atoms with Gasteiger partial charge in [0.1, 0.15) is 0 Å². The van der Waals surface area contributed by atoms with Gasteiger partial charge in [0.2, 0.25) is 0 Å². The maximum Gasteiger partial charge on any atom is 0.339 e. The van der Waals surface area contributed by atoms with E-state index in [0.717, 1.165) is 16.6 Å². The van der Waals surface area contributed by atoms with E-state index in [0.29, 0.717) is 22.5 Å². The van der Waals surface area contributed by atoms with Crippen molar-refractivity contribution < 1.29 is 14.5 Å². The van der Waals surface area contributed by atoms with Crippen molar-refractivity contribution in [3.8, 4) is 0 Å². The lowest BCUT2D eigenvalue weighted by molar-refractivity contribution is -0.384. The Hall–Kier alpha value is -2.57. The molecule has 134 valence electrons. The topological polar surface area (TPSA) is 85.2 Å². The van der Waals surface area contributed by atoms with Crippen LogP contribution in [-0.4, -0.2) is 23.0 Å². The number of rotatable bonds is 4. The highest BCUT2D eigenvalue weighted by Crippen LogP contribution is 2.32. The molecule has 3 rings (SSSR count). The largest absolute Gasteiger partial charge is 0.465 e. The summed E-state index contributed by atoms with van der Waals surface area (Å²) in [5.41, 5.74) is 3.05. The van der Waals surface area contributed by atoms with Crippen molar-refractivity contribution in [3.63, 3.8) is 0 Å². The van der Waals surface area contributed by atoms with Crippen molar-refractivity contribution >= 4 is 45.8 Å². The lowest BCUT2D eigenvalue weighted by atomic mass is 10.1. The molecule has 0 fully saturated rings. The Morgan fingerprint density at radius 2 is 2.00 bits per heavy atom. The Kier molecular flexibility index (Phi) is 4.89. The highest BCUT2D eigenvalue weighted by Gasteiger charge is 2.18. The molecule has 0 atom stereocenters. The van der Waals surface area contributed by atoms with Gasteiger partial charge in [0.25, 0.3) is 5.69 Å². The van der Waals surface area contributed by atoms with Gasteiger partial charge in [0.05, 0.1) is 28.1 Å². The molecule has 1 aromatic heterocycles. The number of hydrogen-bond acceptors (Lipinski definition) is 4. The minimum atomic E-state index is -0.545. The molecule has 0 unspecified atom stereocenters. The average Bonchev–Trinajstić information content (AvgIpc) is 3.01. The Morgan fingerprint density at radius 1 is 1.27 bits per heavy atom. The molecule has 2 aromatic carbocycles. The number of carbonyl (C=O) groups excluding carboxylic acids is 1. The van der Waals surface area contributed by atoms with Crippen LogP contribution in [0.4, 0.5) is 5.69 Å². The van der Waals surface area contributed by atoms with Crippen LogP contribution in [0.5, 0.6) is 0 Å². The molecule has 0 aliphatic rings. The minimum Gasteiger partial charge on any atom is -0.465 e. The number of esters is 1. The first-order valence-electron chi connectivity index (χ1n) is 7.63. The number of non-ortho nitro benzene ring substituents is 1. The predicted molar refractivity (Wildman–Crippen MR) is 100 cm³/mol. The molecule has 6 nitrogen and oxygen atoms in total. The minimum absolute atomic E-state index is 0.0205. The van der Waals surface area contributed by atoms with Gasteiger partial charge in [-0.3, -0.25) is 10.1 Å². The van der Waals surface area contributed by atoms with Gasteiger partial charge in [-0.05, 0) is 36.2 Å². The summed E-state index contributed by atoms with van der Waals surface area (Å²) in [4.78, 5) is 25.6. The van der Waals surface area contributed by atoms with E-state index in [1.165, 1.54) is 25.3 Å². The second-order valence-corrected chi connectivity index (χ2v) is 6.62. The Bertz CT molecular complexity index is 1040. The van der Waals surface area contributed by atoms with Crippen molar-refractivity contribution in [2.75, 3.05) is 7.11 Å². The Morgan fingerprint density at radius 3 is 2.65 bits per heavy atom. The van der Waals surface area contributed by atoms with Crippen LogP contribution in [0.2, 0.25) is 10.0 Å². The first-order chi connectivity index (χ1) is 12.3. The van der Waals surface area contributed by atoms with Gasteiger partial charge in [-0.15, -0.1) is 0 Å². The summed E-state index contributed by atoms with van der Waals surface area (Å²) in [7, 11) is 1.28. The molecule has 26 heavy (non-hydrogen) atoms. The number of ether oxygens (including phenoxy) is 1. The molecule has 0 spiro atoms. The number of nitrogens with one attached hydrogen (secondary N) is 1. The highest BCUT2D eigenvalue weighted by atomic mass is 35.5. The number of benzene rings is 2. The maximum absolute atomic E-state index is 11.8. The fourth-order valence-corrected chi connectivity index (χ4v) is 3.46. The van der Waals surface area contributed by atoms with Gasteiger partial charge in [-0.1, -0.05) is 23.2 Å². The molecule has 0 radical (unpaired) electrons. The van der Waals surface area contributed by atoms with Crippen molar-refractivity contribution in [2.45, 2.75) is 13.3 Å². The molecular formula is C18H14Cl2N2O4. The SMILES string of the molecule is COC(=O)c1ccc(Cl)c(Cc2cc3c(C)cc([N+](=O)[O-])cc3[nH]2)c1Cl. The number of carbonyl (C=O) groups is 1. The van der Waals surface area contributed by atoms with Gasteiger partial charge in [0, 0.05) is 34.7 Å². The molecule has 3 aromatic rings. The fraction of sp³-hybridized carbons (Fsp3) is 0.167. The summed E-state index contributed by atoms with van der Waals surface area (Å²) in [5, 5.41) is 12.6. The van der Waals surface area contributed by atoms with E-state index in [-0.39, 0.29) is 16.3 Å². The van der Waals surface area contributed by atoms with Crippen LogP contribution in [0, 0.1) is 17.0 Å². The highest BCUT2D eigenvalue weighted by molar-refractivity contribution is 6.38. The van der Waals surface area contributed by atoms with Gasteiger partial charge in [-0.2, -0.15) is 0 Å². The first-order valence-corrected chi connectivity index (χ1v) is 8.39. The van der Waals surface area contributed by atoms with Crippen LogP contribution in [-0.2, 0) is 11.2 Å². The third-order valence-electron chi connectivity index (χ3n) is 4.15. The van der Waals surface area contributed by atoms with E-state index < -0.39 is 10.9 Å². The van der Waals surface area contributed by atoms with E-state index >= 15 is 0 Å². The summed E-state index contributed by atoms with van der Waals surface area (Å²) in [6, 6.07) is 8.01. The van der Waals surface area contributed by atoms with E-state index in [4.69, 9.17) is 27.9 Å². The molecule has 0 amide bonds. The molecule has 8 heteroatoms. The zero-order valence-corrected chi connectivity index (χ0v) is 15.4. The number of aromatic amines is 1. The summed E-state index contributed by atoms with van der Waals surface area (Å²) < 4.78 is 4.72. The lowest BCUT2D eigenvalue weighted by Gasteiger charge is -2.09. The quantitative estimate of drug-likeness (QED) is 0.381. The van der Waals surface area contributed by atoms with Crippen LogP contribution in [0.3, 0.4) is 0 Å².